The standard InChI is InChI=1S/C16H20BrN5O2/c1-15(2,3)24-14(23)21-9-16(10-21)7-20(8-16)12-4-5-22-13(19-12)11(17)6-18-22/h4-6H,7-10H2,1-3H3. The molecule has 2 aliphatic heterocycles. The summed E-state index contributed by atoms with van der Waals surface area (Å²) in [5, 5.41) is 4.21. The monoisotopic (exact) mass is 393 g/mol. The Labute approximate surface area is 148 Å². The number of aromatic nitrogens is 3. The smallest absolute Gasteiger partial charge is 0.410 e. The van der Waals surface area contributed by atoms with E-state index in [1.807, 2.05) is 33.0 Å². The second-order valence-electron chi connectivity index (χ2n) is 7.74. The summed E-state index contributed by atoms with van der Waals surface area (Å²) < 4.78 is 8.05. The lowest BCUT2D eigenvalue weighted by molar-refractivity contribution is -0.0454. The quantitative estimate of drug-likeness (QED) is 0.744. The van der Waals surface area contributed by atoms with Gasteiger partial charge in [0.15, 0.2) is 5.65 Å². The molecule has 1 spiro atoms. The summed E-state index contributed by atoms with van der Waals surface area (Å²) in [4.78, 5) is 20.7. The molecule has 4 rings (SSSR count). The first-order valence-corrected chi connectivity index (χ1v) is 8.77. The third-order valence-corrected chi connectivity index (χ3v) is 4.95. The van der Waals surface area contributed by atoms with Crippen molar-refractivity contribution in [1.29, 1.82) is 0 Å². The number of ether oxygens (including phenoxy) is 1. The van der Waals surface area contributed by atoms with Gasteiger partial charge < -0.3 is 14.5 Å². The summed E-state index contributed by atoms with van der Waals surface area (Å²) in [7, 11) is 0. The van der Waals surface area contributed by atoms with Gasteiger partial charge in [-0.25, -0.2) is 14.3 Å². The van der Waals surface area contributed by atoms with Crippen LogP contribution >= 0.6 is 15.9 Å². The van der Waals surface area contributed by atoms with Crippen molar-refractivity contribution in [2.24, 2.45) is 5.41 Å². The molecule has 2 aliphatic rings. The van der Waals surface area contributed by atoms with Gasteiger partial charge in [-0.2, -0.15) is 5.10 Å². The Bertz CT molecular complexity index is 798. The van der Waals surface area contributed by atoms with Crippen molar-refractivity contribution in [3.05, 3.63) is 22.9 Å². The van der Waals surface area contributed by atoms with Crippen LogP contribution in [0.4, 0.5) is 10.6 Å². The first-order valence-electron chi connectivity index (χ1n) is 7.98. The van der Waals surface area contributed by atoms with E-state index in [1.54, 1.807) is 15.6 Å². The summed E-state index contributed by atoms with van der Waals surface area (Å²) >= 11 is 3.46. The number of likely N-dealkylation sites (tertiary alicyclic amines) is 1. The maximum atomic E-state index is 12.0. The summed E-state index contributed by atoms with van der Waals surface area (Å²) in [5.74, 6) is 0.949. The molecule has 2 fully saturated rings. The van der Waals surface area contributed by atoms with Crippen LogP contribution in [0.1, 0.15) is 20.8 Å². The van der Waals surface area contributed by atoms with Gasteiger partial charge in [0.1, 0.15) is 11.4 Å². The second kappa shape index (κ2) is 5.08. The van der Waals surface area contributed by atoms with Gasteiger partial charge in [0.2, 0.25) is 0 Å². The van der Waals surface area contributed by atoms with Crippen LogP contribution in [0.5, 0.6) is 0 Å². The normalized spacial score (nSPS) is 19.3. The number of halogens is 1. The molecule has 0 N–H and O–H groups in total. The predicted octanol–water partition coefficient (Wildman–Crippen LogP) is 2.55. The zero-order valence-corrected chi connectivity index (χ0v) is 15.6. The molecule has 0 atom stereocenters. The number of hydrogen-bond donors (Lipinski definition) is 0. The molecule has 0 radical (unpaired) electrons. The van der Waals surface area contributed by atoms with E-state index in [9.17, 15) is 4.79 Å². The van der Waals surface area contributed by atoms with Crippen molar-refractivity contribution in [3.8, 4) is 0 Å². The van der Waals surface area contributed by atoms with Crippen LogP contribution in [-0.2, 0) is 4.74 Å². The zero-order valence-electron chi connectivity index (χ0n) is 14.0. The van der Waals surface area contributed by atoms with Gasteiger partial charge in [-0.15, -0.1) is 0 Å². The highest BCUT2D eigenvalue weighted by atomic mass is 79.9. The Morgan fingerprint density at radius 2 is 2.00 bits per heavy atom. The highest BCUT2D eigenvalue weighted by Crippen LogP contribution is 2.42. The van der Waals surface area contributed by atoms with Crippen LogP contribution in [0.2, 0.25) is 0 Å². The molecule has 2 saturated heterocycles. The Morgan fingerprint density at radius 3 is 2.67 bits per heavy atom. The minimum Gasteiger partial charge on any atom is -0.444 e. The summed E-state index contributed by atoms with van der Waals surface area (Å²) in [6.07, 6.45) is 3.45. The number of anilines is 1. The van der Waals surface area contributed by atoms with Gasteiger partial charge in [0.05, 0.1) is 10.7 Å². The maximum Gasteiger partial charge on any atom is 0.410 e. The van der Waals surface area contributed by atoms with Crippen LogP contribution in [0, 0.1) is 5.41 Å². The molecule has 2 aromatic heterocycles. The van der Waals surface area contributed by atoms with Crippen molar-refractivity contribution in [1.82, 2.24) is 19.5 Å². The van der Waals surface area contributed by atoms with Crippen molar-refractivity contribution < 1.29 is 9.53 Å². The van der Waals surface area contributed by atoms with E-state index in [0.29, 0.717) is 0 Å². The first-order chi connectivity index (χ1) is 11.2. The van der Waals surface area contributed by atoms with Gasteiger partial charge in [-0.3, -0.25) is 0 Å². The van der Waals surface area contributed by atoms with Gasteiger partial charge in [-0.1, -0.05) is 0 Å². The van der Waals surface area contributed by atoms with E-state index in [1.165, 1.54) is 0 Å². The van der Waals surface area contributed by atoms with E-state index >= 15 is 0 Å². The van der Waals surface area contributed by atoms with Gasteiger partial charge in [0.25, 0.3) is 0 Å². The second-order valence-corrected chi connectivity index (χ2v) is 8.59. The molecular formula is C16H20BrN5O2. The number of carbonyl (C=O) groups is 1. The first kappa shape index (κ1) is 15.7. The predicted molar refractivity (Wildman–Crippen MR) is 93.1 cm³/mol. The molecule has 0 saturated carbocycles. The molecule has 0 aromatic carbocycles. The molecule has 128 valence electrons. The summed E-state index contributed by atoms with van der Waals surface area (Å²) in [6, 6.07) is 1.98. The lowest BCUT2D eigenvalue weighted by atomic mass is 9.73. The molecule has 7 nitrogen and oxygen atoms in total. The number of hydrogen-bond acceptors (Lipinski definition) is 5. The van der Waals surface area contributed by atoms with Crippen molar-refractivity contribution in [2.45, 2.75) is 26.4 Å². The highest BCUT2D eigenvalue weighted by Gasteiger charge is 2.54. The topological polar surface area (TPSA) is 63.0 Å². The Kier molecular flexibility index (Phi) is 3.32. The van der Waals surface area contributed by atoms with Crippen LogP contribution in [0.3, 0.4) is 0 Å². The Morgan fingerprint density at radius 1 is 1.29 bits per heavy atom. The number of amides is 1. The van der Waals surface area contributed by atoms with E-state index in [0.717, 1.165) is 42.1 Å². The van der Waals surface area contributed by atoms with Crippen LogP contribution in [-0.4, -0.2) is 57.4 Å². The van der Waals surface area contributed by atoms with Crippen molar-refractivity contribution in [3.63, 3.8) is 0 Å². The molecular weight excluding hydrogens is 374 g/mol. The fourth-order valence-corrected chi connectivity index (χ4v) is 3.71. The third-order valence-electron chi connectivity index (χ3n) is 4.39. The van der Waals surface area contributed by atoms with Crippen LogP contribution < -0.4 is 4.90 Å². The molecule has 1 amide bonds. The average Bonchev–Trinajstić information content (AvgIpc) is 2.75. The summed E-state index contributed by atoms with van der Waals surface area (Å²) in [6.45, 7) is 9.03. The zero-order chi connectivity index (χ0) is 17.1. The fraction of sp³-hybridized carbons (Fsp3) is 0.562. The van der Waals surface area contributed by atoms with E-state index < -0.39 is 5.60 Å². The lowest BCUT2D eigenvalue weighted by Gasteiger charge is -2.60. The van der Waals surface area contributed by atoms with Gasteiger partial charge >= 0.3 is 6.09 Å². The van der Waals surface area contributed by atoms with Crippen LogP contribution in [0.15, 0.2) is 22.9 Å². The third kappa shape index (κ3) is 2.62. The number of fused-ring (bicyclic) bond motifs is 1. The molecule has 0 unspecified atom stereocenters. The van der Waals surface area contributed by atoms with E-state index in [2.05, 4.69) is 30.9 Å². The number of rotatable bonds is 1. The Balaban J connectivity index is 1.37. The highest BCUT2D eigenvalue weighted by molar-refractivity contribution is 9.10. The fourth-order valence-electron chi connectivity index (χ4n) is 3.35. The van der Waals surface area contributed by atoms with Crippen molar-refractivity contribution >= 4 is 33.5 Å². The number of carbonyl (C=O) groups excluding carboxylic acids is 1. The van der Waals surface area contributed by atoms with Gasteiger partial charge in [-0.05, 0) is 42.8 Å². The van der Waals surface area contributed by atoms with E-state index in [-0.39, 0.29) is 11.5 Å². The molecule has 0 aliphatic carbocycles. The van der Waals surface area contributed by atoms with E-state index in [4.69, 9.17) is 4.74 Å². The molecule has 24 heavy (non-hydrogen) atoms. The van der Waals surface area contributed by atoms with Crippen LogP contribution in [0.25, 0.3) is 5.65 Å². The van der Waals surface area contributed by atoms with Crippen molar-refractivity contribution in [2.75, 3.05) is 31.1 Å². The number of nitrogens with zero attached hydrogens (tertiary/aromatic N) is 5. The molecule has 0 bridgehead atoms. The Hall–Kier alpha value is -1.83. The minimum absolute atomic E-state index is 0.197. The minimum atomic E-state index is -0.441. The average molecular weight is 394 g/mol. The molecule has 8 heteroatoms. The summed E-state index contributed by atoms with van der Waals surface area (Å²) in [5.41, 5.74) is 0.573. The molecule has 2 aromatic rings. The van der Waals surface area contributed by atoms with Gasteiger partial charge in [0, 0.05) is 37.8 Å². The largest absolute Gasteiger partial charge is 0.444 e. The molecule has 4 heterocycles. The lowest BCUT2D eigenvalue weighted by Crippen LogP contribution is -2.73. The SMILES string of the molecule is CC(C)(C)OC(=O)N1CC2(C1)CN(c1ccn3ncc(Br)c3n1)C2. The maximum absolute atomic E-state index is 12.0.